The van der Waals surface area contributed by atoms with Crippen LogP contribution in [0.2, 0.25) is 0 Å². The summed E-state index contributed by atoms with van der Waals surface area (Å²) in [5, 5.41) is 0. The second-order valence-electron chi connectivity index (χ2n) is 5.09. The zero-order valence-corrected chi connectivity index (χ0v) is 11.7. The molecular formula is C14H23N3O2. The largest absolute Gasteiger partial charge is 0.487 e. The van der Waals surface area contributed by atoms with Crippen molar-refractivity contribution in [3.63, 3.8) is 0 Å². The van der Waals surface area contributed by atoms with Crippen LogP contribution in [0.25, 0.3) is 0 Å². The molecule has 2 N–H and O–H groups in total. The first-order valence-electron chi connectivity index (χ1n) is 6.80. The van der Waals surface area contributed by atoms with Crippen molar-refractivity contribution in [2.75, 3.05) is 31.7 Å². The maximum absolute atomic E-state index is 5.92. The van der Waals surface area contributed by atoms with E-state index in [1.165, 1.54) is 0 Å². The molecule has 0 aromatic carbocycles. The zero-order valence-electron chi connectivity index (χ0n) is 11.7. The zero-order chi connectivity index (χ0) is 13.7. The minimum absolute atomic E-state index is 0.0248. The van der Waals surface area contributed by atoms with E-state index in [1.54, 1.807) is 13.3 Å². The number of nitrogens with zero attached hydrogens (tertiary/aromatic N) is 2. The lowest BCUT2D eigenvalue weighted by Crippen LogP contribution is -2.39. The number of methoxy groups -OCH3 is 1. The number of piperidine rings is 1. The smallest absolute Gasteiger partial charge is 0.140 e. The van der Waals surface area contributed by atoms with Gasteiger partial charge >= 0.3 is 0 Å². The van der Waals surface area contributed by atoms with Gasteiger partial charge < -0.3 is 20.1 Å². The monoisotopic (exact) mass is 265 g/mol. The number of nitrogens with two attached hydrogens (primary N) is 1. The van der Waals surface area contributed by atoms with Gasteiger partial charge in [-0.1, -0.05) is 0 Å². The van der Waals surface area contributed by atoms with Crippen molar-refractivity contribution in [3.05, 3.63) is 18.5 Å². The minimum Gasteiger partial charge on any atom is -0.487 e. The second kappa shape index (κ2) is 6.73. The molecule has 106 valence electrons. The Kier molecular flexibility index (Phi) is 4.99. The maximum Gasteiger partial charge on any atom is 0.140 e. The number of anilines is 1. The van der Waals surface area contributed by atoms with Crippen LogP contribution >= 0.6 is 0 Å². The third kappa shape index (κ3) is 4.08. The van der Waals surface area contributed by atoms with Crippen molar-refractivity contribution in [2.24, 2.45) is 5.73 Å². The highest BCUT2D eigenvalue weighted by molar-refractivity contribution is 5.48. The maximum atomic E-state index is 5.92. The molecule has 1 atom stereocenters. The highest BCUT2D eigenvalue weighted by atomic mass is 16.5. The fourth-order valence-electron chi connectivity index (χ4n) is 2.30. The van der Waals surface area contributed by atoms with E-state index in [-0.39, 0.29) is 6.10 Å². The molecule has 2 rings (SSSR count). The average Bonchev–Trinajstić information content (AvgIpc) is 2.40. The summed E-state index contributed by atoms with van der Waals surface area (Å²) in [5.74, 6) is 0.789. The van der Waals surface area contributed by atoms with Crippen LogP contribution in [0, 0.1) is 0 Å². The molecule has 0 saturated carbocycles. The average molecular weight is 265 g/mol. The SMILES string of the molecule is COCC(C)Oc1cncc(N2CCC(N)CC2)c1. The van der Waals surface area contributed by atoms with Crippen LogP contribution in [0.1, 0.15) is 19.8 Å². The first-order valence-corrected chi connectivity index (χ1v) is 6.80. The van der Waals surface area contributed by atoms with E-state index < -0.39 is 0 Å². The van der Waals surface area contributed by atoms with Gasteiger partial charge in [-0.05, 0) is 19.8 Å². The summed E-state index contributed by atoms with van der Waals surface area (Å²) in [6.07, 6.45) is 5.71. The van der Waals surface area contributed by atoms with E-state index >= 15 is 0 Å². The number of rotatable bonds is 5. The van der Waals surface area contributed by atoms with E-state index in [1.807, 2.05) is 19.2 Å². The quantitative estimate of drug-likeness (QED) is 0.872. The van der Waals surface area contributed by atoms with Crippen LogP contribution in [0.5, 0.6) is 5.75 Å². The Hall–Kier alpha value is -1.33. The van der Waals surface area contributed by atoms with Crippen molar-refractivity contribution in [1.82, 2.24) is 4.98 Å². The molecule has 5 heteroatoms. The molecule has 19 heavy (non-hydrogen) atoms. The van der Waals surface area contributed by atoms with Crippen LogP contribution < -0.4 is 15.4 Å². The van der Waals surface area contributed by atoms with Gasteiger partial charge in [-0.25, -0.2) is 0 Å². The van der Waals surface area contributed by atoms with Gasteiger partial charge in [-0.3, -0.25) is 4.98 Å². The molecule has 1 aliphatic heterocycles. The Balaban J connectivity index is 1.98. The number of hydrogen-bond acceptors (Lipinski definition) is 5. The highest BCUT2D eigenvalue weighted by Gasteiger charge is 2.17. The molecule has 1 saturated heterocycles. The Morgan fingerprint density at radius 1 is 1.42 bits per heavy atom. The summed E-state index contributed by atoms with van der Waals surface area (Å²) in [4.78, 5) is 6.56. The Morgan fingerprint density at radius 3 is 2.84 bits per heavy atom. The predicted octanol–water partition coefficient (Wildman–Crippen LogP) is 1.42. The fourth-order valence-corrected chi connectivity index (χ4v) is 2.30. The third-order valence-electron chi connectivity index (χ3n) is 3.34. The summed E-state index contributed by atoms with van der Waals surface area (Å²) in [6, 6.07) is 2.38. The molecule has 1 fully saturated rings. The van der Waals surface area contributed by atoms with Gasteiger partial charge in [0, 0.05) is 32.3 Å². The van der Waals surface area contributed by atoms with Crippen LogP contribution in [0.3, 0.4) is 0 Å². The first-order chi connectivity index (χ1) is 9.19. The van der Waals surface area contributed by atoms with Crippen LogP contribution in [-0.2, 0) is 4.74 Å². The first kappa shape index (κ1) is 14.1. The molecule has 0 amide bonds. The lowest BCUT2D eigenvalue weighted by Gasteiger charge is -2.31. The topological polar surface area (TPSA) is 60.6 Å². The highest BCUT2D eigenvalue weighted by Crippen LogP contribution is 2.23. The minimum atomic E-state index is 0.0248. The van der Waals surface area contributed by atoms with Crippen molar-refractivity contribution in [2.45, 2.75) is 31.9 Å². The Bertz CT molecular complexity index is 392. The van der Waals surface area contributed by atoms with Gasteiger partial charge in [0.25, 0.3) is 0 Å². The van der Waals surface area contributed by atoms with Crippen LogP contribution in [-0.4, -0.2) is 43.9 Å². The Morgan fingerprint density at radius 2 is 2.16 bits per heavy atom. The third-order valence-corrected chi connectivity index (χ3v) is 3.34. The van der Waals surface area contributed by atoms with Crippen molar-refractivity contribution in [1.29, 1.82) is 0 Å². The summed E-state index contributed by atoms with van der Waals surface area (Å²) < 4.78 is 10.8. The summed E-state index contributed by atoms with van der Waals surface area (Å²) in [5.41, 5.74) is 7.03. The fraction of sp³-hybridized carbons (Fsp3) is 0.643. The molecular weight excluding hydrogens is 242 g/mol. The molecule has 1 aromatic heterocycles. The molecule has 5 nitrogen and oxygen atoms in total. The molecule has 0 spiro atoms. The normalized spacial score (nSPS) is 18.4. The summed E-state index contributed by atoms with van der Waals surface area (Å²) in [6.45, 7) is 4.53. The van der Waals surface area contributed by atoms with Gasteiger partial charge in [-0.15, -0.1) is 0 Å². The van der Waals surface area contributed by atoms with Gasteiger partial charge in [0.05, 0.1) is 24.7 Å². The number of pyridine rings is 1. The van der Waals surface area contributed by atoms with Crippen LogP contribution in [0.15, 0.2) is 18.5 Å². The number of ether oxygens (including phenoxy) is 2. The molecule has 0 aliphatic carbocycles. The number of hydrogen-bond donors (Lipinski definition) is 1. The molecule has 1 unspecified atom stereocenters. The number of aromatic nitrogens is 1. The summed E-state index contributed by atoms with van der Waals surface area (Å²) in [7, 11) is 1.67. The van der Waals surface area contributed by atoms with E-state index in [2.05, 4.69) is 9.88 Å². The molecule has 0 bridgehead atoms. The van der Waals surface area contributed by atoms with E-state index in [0.717, 1.165) is 37.4 Å². The van der Waals surface area contributed by atoms with Crippen molar-refractivity contribution >= 4 is 5.69 Å². The molecule has 1 aromatic rings. The van der Waals surface area contributed by atoms with Crippen molar-refractivity contribution < 1.29 is 9.47 Å². The standard InChI is InChI=1S/C14H23N3O2/c1-11(10-18-2)19-14-7-13(8-16-9-14)17-5-3-12(15)4-6-17/h7-9,11-12H,3-6,10,15H2,1-2H3. The Labute approximate surface area is 114 Å². The van der Waals surface area contributed by atoms with Crippen molar-refractivity contribution in [3.8, 4) is 5.75 Å². The second-order valence-corrected chi connectivity index (χ2v) is 5.09. The van der Waals surface area contributed by atoms with Gasteiger partial charge in [-0.2, -0.15) is 0 Å². The molecule has 0 radical (unpaired) electrons. The lowest BCUT2D eigenvalue weighted by atomic mass is 10.1. The van der Waals surface area contributed by atoms with Gasteiger partial charge in [0.15, 0.2) is 0 Å². The molecule has 2 heterocycles. The lowest BCUT2D eigenvalue weighted by molar-refractivity contribution is 0.0918. The van der Waals surface area contributed by atoms with E-state index in [0.29, 0.717) is 12.6 Å². The van der Waals surface area contributed by atoms with E-state index in [9.17, 15) is 0 Å². The van der Waals surface area contributed by atoms with Crippen LogP contribution in [0.4, 0.5) is 5.69 Å². The van der Waals surface area contributed by atoms with Gasteiger partial charge in [0.1, 0.15) is 11.9 Å². The van der Waals surface area contributed by atoms with Gasteiger partial charge in [0.2, 0.25) is 0 Å². The summed E-state index contributed by atoms with van der Waals surface area (Å²) >= 11 is 0. The molecule has 1 aliphatic rings. The predicted molar refractivity (Wildman–Crippen MR) is 75.6 cm³/mol. The van der Waals surface area contributed by atoms with E-state index in [4.69, 9.17) is 15.2 Å².